The summed E-state index contributed by atoms with van der Waals surface area (Å²) in [7, 11) is 0. The highest BCUT2D eigenvalue weighted by Crippen LogP contribution is 2.15. The van der Waals surface area contributed by atoms with Crippen molar-refractivity contribution in [2.24, 2.45) is 0 Å². The van der Waals surface area contributed by atoms with Crippen LogP contribution in [0, 0.1) is 0 Å². The molecule has 6 nitrogen and oxygen atoms in total. The highest BCUT2D eigenvalue weighted by Gasteiger charge is 2.09. The van der Waals surface area contributed by atoms with E-state index in [4.69, 9.17) is 11.6 Å². The number of halogens is 1. The predicted molar refractivity (Wildman–Crippen MR) is 78.7 cm³/mol. The molecule has 0 aliphatic carbocycles. The fraction of sp³-hybridized carbons (Fsp3) is 0.357. The summed E-state index contributed by atoms with van der Waals surface area (Å²) in [5, 5.41) is 17.2. The van der Waals surface area contributed by atoms with Gasteiger partial charge in [-0.25, -0.2) is 4.98 Å². The molecule has 0 radical (unpaired) electrons. The Morgan fingerprint density at radius 1 is 1.38 bits per heavy atom. The SMILES string of the molecule is O=C(CCCn1cncn1)NCC(O)c1ccc(Cl)cc1. The van der Waals surface area contributed by atoms with Crippen LogP contribution >= 0.6 is 11.6 Å². The highest BCUT2D eigenvalue weighted by atomic mass is 35.5. The molecule has 112 valence electrons. The Bertz CT molecular complexity index is 557. The zero-order valence-electron chi connectivity index (χ0n) is 11.4. The first-order valence-electron chi connectivity index (χ1n) is 6.68. The van der Waals surface area contributed by atoms with Gasteiger partial charge >= 0.3 is 0 Å². The second kappa shape index (κ2) is 7.75. The molecule has 1 atom stereocenters. The Kier molecular flexibility index (Phi) is 5.71. The van der Waals surface area contributed by atoms with Crippen molar-refractivity contribution in [3.8, 4) is 0 Å². The van der Waals surface area contributed by atoms with Gasteiger partial charge in [-0.2, -0.15) is 5.10 Å². The number of aliphatic hydroxyl groups excluding tert-OH is 1. The molecule has 1 unspecified atom stereocenters. The zero-order valence-corrected chi connectivity index (χ0v) is 12.2. The van der Waals surface area contributed by atoms with Crippen LogP contribution in [0.25, 0.3) is 0 Å². The van der Waals surface area contributed by atoms with E-state index in [-0.39, 0.29) is 12.5 Å². The molecular weight excluding hydrogens is 292 g/mol. The van der Waals surface area contributed by atoms with E-state index in [1.54, 1.807) is 35.3 Å². The van der Waals surface area contributed by atoms with Gasteiger partial charge in [0.15, 0.2) is 0 Å². The van der Waals surface area contributed by atoms with E-state index in [0.717, 1.165) is 5.56 Å². The molecule has 21 heavy (non-hydrogen) atoms. The maximum Gasteiger partial charge on any atom is 0.220 e. The lowest BCUT2D eigenvalue weighted by Gasteiger charge is -2.12. The Morgan fingerprint density at radius 3 is 2.81 bits per heavy atom. The number of nitrogens with zero attached hydrogens (tertiary/aromatic N) is 3. The Morgan fingerprint density at radius 2 is 2.14 bits per heavy atom. The van der Waals surface area contributed by atoms with Crippen molar-refractivity contribution in [2.75, 3.05) is 6.54 Å². The molecular formula is C14H17ClN4O2. The minimum Gasteiger partial charge on any atom is -0.387 e. The molecule has 1 amide bonds. The average molecular weight is 309 g/mol. The minimum absolute atomic E-state index is 0.0943. The normalized spacial score (nSPS) is 12.1. The van der Waals surface area contributed by atoms with Gasteiger partial charge in [0.25, 0.3) is 0 Å². The van der Waals surface area contributed by atoms with E-state index in [1.807, 2.05) is 0 Å². The van der Waals surface area contributed by atoms with E-state index in [2.05, 4.69) is 15.4 Å². The number of hydrogen-bond acceptors (Lipinski definition) is 4. The lowest BCUT2D eigenvalue weighted by Crippen LogP contribution is -2.28. The third-order valence-electron chi connectivity index (χ3n) is 3.00. The summed E-state index contributed by atoms with van der Waals surface area (Å²) in [6.45, 7) is 0.830. The summed E-state index contributed by atoms with van der Waals surface area (Å²) in [5.74, 6) is -0.0943. The molecule has 0 aliphatic heterocycles. The monoisotopic (exact) mass is 308 g/mol. The number of benzene rings is 1. The fourth-order valence-corrected chi connectivity index (χ4v) is 1.98. The zero-order chi connectivity index (χ0) is 15.1. The van der Waals surface area contributed by atoms with Crippen LogP contribution < -0.4 is 5.32 Å². The number of carbonyl (C=O) groups excluding carboxylic acids is 1. The van der Waals surface area contributed by atoms with Gasteiger partial charge < -0.3 is 10.4 Å². The van der Waals surface area contributed by atoms with Gasteiger partial charge in [-0.3, -0.25) is 9.48 Å². The maximum absolute atomic E-state index is 11.7. The van der Waals surface area contributed by atoms with Crippen molar-refractivity contribution < 1.29 is 9.90 Å². The van der Waals surface area contributed by atoms with E-state index in [1.165, 1.54) is 6.33 Å². The summed E-state index contributed by atoms with van der Waals surface area (Å²) in [6.07, 6.45) is 3.39. The summed E-state index contributed by atoms with van der Waals surface area (Å²) < 4.78 is 1.68. The molecule has 1 heterocycles. The summed E-state index contributed by atoms with van der Waals surface area (Å²) in [5.41, 5.74) is 0.724. The van der Waals surface area contributed by atoms with Crippen LogP contribution in [-0.4, -0.2) is 32.3 Å². The quantitative estimate of drug-likeness (QED) is 0.813. The van der Waals surface area contributed by atoms with Gasteiger partial charge in [-0.15, -0.1) is 0 Å². The van der Waals surface area contributed by atoms with E-state index in [0.29, 0.717) is 24.4 Å². The fourth-order valence-electron chi connectivity index (χ4n) is 1.85. The number of aromatic nitrogens is 3. The van der Waals surface area contributed by atoms with Crippen LogP contribution in [0.5, 0.6) is 0 Å². The third-order valence-corrected chi connectivity index (χ3v) is 3.26. The second-order valence-corrected chi connectivity index (χ2v) is 5.07. The topological polar surface area (TPSA) is 80.0 Å². The largest absolute Gasteiger partial charge is 0.387 e. The van der Waals surface area contributed by atoms with Crippen molar-refractivity contribution in [2.45, 2.75) is 25.5 Å². The Labute approximate surface area is 127 Å². The number of aryl methyl sites for hydroxylation is 1. The van der Waals surface area contributed by atoms with Crippen LogP contribution in [-0.2, 0) is 11.3 Å². The molecule has 2 N–H and O–H groups in total. The first-order chi connectivity index (χ1) is 10.1. The summed E-state index contributed by atoms with van der Waals surface area (Å²) in [6, 6.07) is 6.90. The van der Waals surface area contributed by atoms with Crippen LogP contribution in [0.15, 0.2) is 36.9 Å². The first kappa shape index (κ1) is 15.5. The molecule has 0 aliphatic rings. The van der Waals surface area contributed by atoms with E-state index >= 15 is 0 Å². The van der Waals surface area contributed by atoms with E-state index < -0.39 is 6.10 Å². The molecule has 0 bridgehead atoms. The number of aliphatic hydroxyl groups is 1. The number of carbonyl (C=O) groups is 1. The Balaban J connectivity index is 1.67. The standard InChI is InChI=1S/C14H17ClN4O2/c15-12-5-3-11(4-6-12)13(20)8-17-14(21)2-1-7-19-10-16-9-18-19/h3-6,9-10,13,20H,1-2,7-8H2,(H,17,21). The number of hydrogen-bond donors (Lipinski definition) is 2. The lowest BCUT2D eigenvalue weighted by molar-refractivity contribution is -0.121. The number of nitrogens with one attached hydrogen (secondary N) is 1. The van der Waals surface area contributed by atoms with E-state index in [9.17, 15) is 9.90 Å². The van der Waals surface area contributed by atoms with Crippen LogP contribution in [0.4, 0.5) is 0 Å². The predicted octanol–water partition coefficient (Wildman–Crippen LogP) is 1.56. The molecule has 1 aromatic carbocycles. The molecule has 2 aromatic rings. The first-order valence-corrected chi connectivity index (χ1v) is 7.05. The molecule has 0 saturated heterocycles. The van der Waals surface area contributed by atoms with Gasteiger partial charge in [0.1, 0.15) is 12.7 Å². The van der Waals surface area contributed by atoms with Crippen molar-refractivity contribution in [1.82, 2.24) is 20.1 Å². The maximum atomic E-state index is 11.7. The van der Waals surface area contributed by atoms with Crippen molar-refractivity contribution in [3.05, 3.63) is 47.5 Å². The third kappa shape index (κ3) is 5.17. The molecule has 0 spiro atoms. The number of amides is 1. The minimum atomic E-state index is -0.735. The van der Waals surface area contributed by atoms with Crippen molar-refractivity contribution in [3.63, 3.8) is 0 Å². The lowest BCUT2D eigenvalue weighted by atomic mass is 10.1. The molecule has 1 aromatic heterocycles. The van der Waals surface area contributed by atoms with Gasteiger partial charge in [0.05, 0.1) is 6.10 Å². The molecule has 0 saturated carbocycles. The van der Waals surface area contributed by atoms with Crippen molar-refractivity contribution >= 4 is 17.5 Å². The number of rotatable bonds is 7. The van der Waals surface area contributed by atoms with Crippen LogP contribution in [0.1, 0.15) is 24.5 Å². The van der Waals surface area contributed by atoms with Gasteiger partial charge in [0, 0.05) is 24.5 Å². The van der Waals surface area contributed by atoms with Crippen LogP contribution in [0.3, 0.4) is 0 Å². The van der Waals surface area contributed by atoms with Gasteiger partial charge in [-0.05, 0) is 24.1 Å². The Hall–Kier alpha value is -1.92. The van der Waals surface area contributed by atoms with Gasteiger partial charge in [0.2, 0.25) is 5.91 Å². The highest BCUT2D eigenvalue weighted by molar-refractivity contribution is 6.30. The summed E-state index contributed by atoms with van der Waals surface area (Å²) >= 11 is 5.78. The molecule has 7 heteroatoms. The smallest absolute Gasteiger partial charge is 0.220 e. The van der Waals surface area contributed by atoms with Gasteiger partial charge in [-0.1, -0.05) is 23.7 Å². The molecule has 0 fully saturated rings. The average Bonchev–Trinajstić information content (AvgIpc) is 2.99. The van der Waals surface area contributed by atoms with Crippen LogP contribution in [0.2, 0.25) is 5.02 Å². The second-order valence-electron chi connectivity index (χ2n) is 4.63. The summed E-state index contributed by atoms with van der Waals surface area (Å²) in [4.78, 5) is 15.5. The van der Waals surface area contributed by atoms with Crippen molar-refractivity contribution in [1.29, 1.82) is 0 Å². The molecule has 2 rings (SSSR count).